The maximum atomic E-state index is 13.2. The van der Waals surface area contributed by atoms with Crippen molar-refractivity contribution in [2.75, 3.05) is 20.4 Å². The number of hydrogen-bond acceptors (Lipinski definition) is 6. The lowest BCUT2D eigenvalue weighted by atomic mass is 10.1. The molecule has 1 aliphatic rings. The highest BCUT2D eigenvalue weighted by Crippen LogP contribution is 2.33. The van der Waals surface area contributed by atoms with Gasteiger partial charge < -0.3 is 29.8 Å². The molecular weight excluding hydrogens is 460 g/mol. The first kappa shape index (κ1) is 23.0. The summed E-state index contributed by atoms with van der Waals surface area (Å²) < 4.78 is 16.1. The van der Waals surface area contributed by atoms with Crippen LogP contribution in [0.3, 0.4) is 0 Å². The lowest BCUT2D eigenvalue weighted by molar-refractivity contribution is -0.117. The van der Waals surface area contributed by atoms with Gasteiger partial charge in [-0.25, -0.2) is 4.98 Å². The minimum atomic E-state index is -0.466. The van der Waals surface area contributed by atoms with E-state index in [0.29, 0.717) is 41.3 Å². The Kier molecular flexibility index (Phi) is 6.53. The highest BCUT2D eigenvalue weighted by molar-refractivity contribution is 6.06. The molecule has 0 atom stereocenters. The van der Waals surface area contributed by atoms with Gasteiger partial charge in [0.05, 0.1) is 23.7 Å². The Labute approximate surface area is 207 Å². The highest BCUT2D eigenvalue weighted by atomic mass is 16.7. The lowest BCUT2D eigenvalue weighted by Gasteiger charge is -2.13. The van der Waals surface area contributed by atoms with E-state index in [4.69, 9.17) is 14.2 Å². The van der Waals surface area contributed by atoms with Gasteiger partial charge in [0, 0.05) is 13.0 Å². The van der Waals surface area contributed by atoms with Gasteiger partial charge in [-0.05, 0) is 48.0 Å². The third kappa shape index (κ3) is 5.00. The number of aromatic nitrogens is 2. The Bertz CT molecular complexity index is 1430. The van der Waals surface area contributed by atoms with Gasteiger partial charge in [-0.15, -0.1) is 0 Å². The number of imidazole rings is 1. The maximum absolute atomic E-state index is 13.2. The summed E-state index contributed by atoms with van der Waals surface area (Å²) in [4.78, 5) is 34.0. The zero-order chi connectivity index (χ0) is 24.9. The lowest BCUT2D eigenvalue weighted by Crippen LogP contribution is -2.36. The zero-order valence-corrected chi connectivity index (χ0v) is 19.5. The fraction of sp³-hybridized carbons (Fsp3) is 0.148. The fourth-order valence-corrected chi connectivity index (χ4v) is 3.86. The number of aromatic amines is 1. The average Bonchev–Trinajstić information content (AvgIpc) is 3.54. The Hall–Kier alpha value is -4.79. The van der Waals surface area contributed by atoms with E-state index in [1.165, 1.54) is 7.11 Å². The first-order chi connectivity index (χ1) is 17.6. The van der Waals surface area contributed by atoms with Gasteiger partial charge >= 0.3 is 0 Å². The van der Waals surface area contributed by atoms with Crippen LogP contribution in [-0.4, -0.2) is 42.2 Å². The highest BCUT2D eigenvalue weighted by Gasteiger charge is 2.19. The van der Waals surface area contributed by atoms with Crippen LogP contribution in [0.5, 0.6) is 17.2 Å². The predicted molar refractivity (Wildman–Crippen MR) is 134 cm³/mol. The summed E-state index contributed by atoms with van der Waals surface area (Å²) in [6.07, 6.45) is 2.09. The van der Waals surface area contributed by atoms with Crippen LogP contribution in [-0.2, 0) is 11.2 Å². The Morgan fingerprint density at radius 3 is 2.72 bits per heavy atom. The van der Waals surface area contributed by atoms with Gasteiger partial charge in [-0.1, -0.05) is 30.3 Å². The van der Waals surface area contributed by atoms with Crippen LogP contribution in [0.1, 0.15) is 21.7 Å². The molecule has 1 aliphatic heterocycles. The number of benzene rings is 3. The third-order valence-electron chi connectivity index (χ3n) is 5.64. The maximum Gasteiger partial charge on any atom is 0.267 e. The Morgan fingerprint density at radius 1 is 1.06 bits per heavy atom. The van der Waals surface area contributed by atoms with E-state index in [2.05, 4.69) is 20.6 Å². The molecule has 3 aromatic carbocycles. The van der Waals surface area contributed by atoms with Gasteiger partial charge in [0.15, 0.2) is 11.5 Å². The van der Waals surface area contributed by atoms with Gasteiger partial charge in [0.25, 0.3) is 11.8 Å². The third-order valence-corrected chi connectivity index (χ3v) is 5.64. The number of ether oxygens (including phenoxy) is 3. The number of methoxy groups -OCH3 is 1. The molecule has 36 heavy (non-hydrogen) atoms. The summed E-state index contributed by atoms with van der Waals surface area (Å²) in [5.41, 5.74) is 2.86. The van der Waals surface area contributed by atoms with Gasteiger partial charge in [-0.2, -0.15) is 0 Å². The number of fused-ring (bicyclic) bond motifs is 2. The minimum absolute atomic E-state index is 0.0781. The molecular formula is C27H24N4O5. The van der Waals surface area contributed by atoms with Crippen LogP contribution in [0.15, 0.2) is 72.4 Å². The molecule has 3 N–H and O–H groups in total. The standard InChI is InChI=1S/C27H24N4O5/c1-34-22-9-5-2-6-18(22)26(32)31-21(14-17-10-11-23-24(15-17)36-16-35-23)27(33)28-13-12-25-29-19-7-3-4-8-20(19)30-25/h2-11,14-15H,12-13,16H2,1H3,(H,28,33)(H,29,30)(H,31,32). The van der Waals surface area contributed by atoms with Crippen LogP contribution in [0.2, 0.25) is 0 Å². The molecule has 0 aliphatic carbocycles. The van der Waals surface area contributed by atoms with Crippen LogP contribution in [0.25, 0.3) is 17.1 Å². The van der Waals surface area contributed by atoms with Crippen molar-refractivity contribution >= 4 is 28.9 Å². The van der Waals surface area contributed by atoms with Crippen molar-refractivity contribution in [2.24, 2.45) is 0 Å². The van der Waals surface area contributed by atoms with Crippen molar-refractivity contribution in [1.29, 1.82) is 0 Å². The second kappa shape index (κ2) is 10.2. The van der Waals surface area contributed by atoms with Crippen molar-refractivity contribution < 1.29 is 23.8 Å². The van der Waals surface area contributed by atoms with Crippen molar-refractivity contribution in [3.63, 3.8) is 0 Å². The van der Waals surface area contributed by atoms with Crippen molar-refractivity contribution in [2.45, 2.75) is 6.42 Å². The summed E-state index contributed by atoms with van der Waals surface area (Å²) in [6, 6.07) is 19.8. The average molecular weight is 485 g/mol. The first-order valence-electron chi connectivity index (χ1n) is 11.4. The summed E-state index contributed by atoms with van der Waals surface area (Å²) in [7, 11) is 1.49. The topological polar surface area (TPSA) is 115 Å². The summed E-state index contributed by atoms with van der Waals surface area (Å²) in [5, 5.41) is 5.59. The van der Waals surface area contributed by atoms with E-state index < -0.39 is 11.8 Å². The molecule has 2 amide bonds. The second-order valence-electron chi connectivity index (χ2n) is 8.03. The molecule has 0 radical (unpaired) electrons. The van der Waals surface area contributed by atoms with Crippen molar-refractivity contribution in [3.05, 3.63) is 89.4 Å². The molecule has 5 rings (SSSR count). The smallest absolute Gasteiger partial charge is 0.267 e. The van der Waals surface area contributed by atoms with Crippen LogP contribution >= 0.6 is 0 Å². The number of amides is 2. The number of carbonyl (C=O) groups is 2. The molecule has 182 valence electrons. The number of nitrogens with zero attached hydrogens (tertiary/aromatic N) is 1. The largest absolute Gasteiger partial charge is 0.496 e. The number of carbonyl (C=O) groups excluding carboxylic acids is 2. The number of rotatable bonds is 8. The van der Waals surface area contributed by atoms with Gasteiger partial charge in [0.1, 0.15) is 17.3 Å². The van der Waals surface area contributed by atoms with E-state index in [9.17, 15) is 9.59 Å². The zero-order valence-electron chi connectivity index (χ0n) is 19.5. The monoisotopic (exact) mass is 484 g/mol. The number of H-pyrrole nitrogens is 1. The van der Waals surface area contributed by atoms with E-state index in [0.717, 1.165) is 16.9 Å². The molecule has 2 heterocycles. The SMILES string of the molecule is COc1ccccc1C(=O)NC(=Cc1ccc2c(c1)OCO2)C(=O)NCCc1nc2ccccc2[nH]1. The van der Waals surface area contributed by atoms with E-state index in [1.807, 2.05) is 24.3 Å². The molecule has 0 saturated carbocycles. The molecule has 0 fully saturated rings. The van der Waals surface area contributed by atoms with Crippen LogP contribution in [0, 0.1) is 0 Å². The van der Waals surface area contributed by atoms with E-state index in [-0.39, 0.29) is 12.5 Å². The molecule has 0 bridgehead atoms. The van der Waals surface area contributed by atoms with Crippen LogP contribution in [0.4, 0.5) is 0 Å². The number of nitrogens with one attached hydrogen (secondary N) is 3. The molecule has 0 saturated heterocycles. The van der Waals surface area contributed by atoms with Crippen molar-refractivity contribution in [1.82, 2.24) is 20.6 Å². The predicted octanol–water partition coefficient (Wildman–Crippen LogP) is 3.43. The van der Waals surface area contributed by atoms with Crippen LogP contribution < -0.4 is 24.8 Å². The summed E-state index contributed by atoms with van der Waals surface area (Å²) >= 11 is 0. The van der Waals surface area contributed by atoms with Gasteiger partial charge in [0.2, 0.25) is 6.79 Å². The summed E-state index contributed by atoms with van der Waals surface area (Å²) in [5.74, 6) is 1.46. The normalized spacial score (nSPS) is 12.4. The number of hydrogen-bond donors (Lipinski definition) is 3. The minimum Gasteiger partial charge on any atom is -0.496 e. The van der Waals surface area contributed by atoms with E-state index >= 15 is 0 Å². The second-order valence-corrected chi connectivity index (χ2v) is 8.03. The molecule has 9 nitrogen and oxygen atoms in total. The Morgan fingerprint density at radius 2 is 1.86 bits per heavy atom. The Balaban J connectivity index is 1.34. The van der Waals surface area contributed by atoms with Gasteiger partial charge in [-0.3, -0.25) is 9.59 Å². The summed E-state index contributed by atoms with van der Waals surface area (Å²) in [6.45, 7) is 0.462. The molecule has 0 spiro atoms. The molecule has 0 unspecified atom stereocenters. The molecule has 9 heteroatoms. The van der Waals surface area contributed by atoms with Crippen molar-refractivity contribution in [3.8, 4) is 17.2 Å². The number of para-hydroxylation sites is 3. The quantitative estimate of drug-likeness (QED) is 0.330. The molecule has 1 aromatic heterocycles. The van der Waals surface area contributed by atoms with E-state index in [1.54, 1.807) is 48.5 Å². The molecule has 4 aromatic rings. The fourth-order valence-electron chi connectivity index (χ4n) is 3.86. The first-order valence-corrected chi connectivity index (χ1v) is 11.4.